The van der Waals surface area contributed by atoms with Crippen molar-refractivity contribution in [2.24, 2.45) is 0 Å². The van der Waals surface area contributed by atoms with Crippen molar-refractivity contribution in [3.05, 3.63) is 34.9 Å². The molecule has 2 N–H and O–H groups in total. The minimum Gasteiger partial charge on any atom is -0.395 e. The van der Waals surface area contributed by atoms with Crippen molar-refractivity contribution in [1.82, 2.24) is 4.90 Å². The van der Waals surface area contributed by atoms with Crippen molar-refractivity contribution in [2.45, 2.75) is 31.4 Å². The zero-order valence-corrected chi connectivity index (χ0v) is 11.2. The summed E-state index contributed by atoms with van der Waals surface area (Å²) in [6.07, 6.45) is 2.54. The van der Waals surface area contributed by atoms with E-state index in [-0.39, 0.29) is 6.61 Å². The van der Waals surface area contributed by atoms with E-state index in [1.807, 2.05) is 18.2 Å². The topological polar surface area (TPSA) is 43.7 Å². The van der Waals surface area contributed by atoms with Crippen molar-refractivity contribution in [1.29, 1.82) is 0 Å². The van der Waals surface area contributed by atoms with Crippen molar-refractivity contribution in [3.63, 3.8) is 0 Å². The van der Waals surface area contributed by atoms with E-state index in [0.29, 0.717) is 24.0 Å². The highest BCUT2D eigenvalue weighted by molar-refractivity contribution is 6.31. The van der Waals surface area contributed by atoms with Crippen LogP contribution in [0.15, 0.2) is 24.3 Å². The van der Waals surface area contributed by atoms with Gasteiger partial charge in [0.05, 0.1) is 12.7 Å². The maximum atomic E-state index is 10.1. The molecule has 0 heterocycles. The van der Waals surface area contributed by atoms with Gasteiger partial charge in [0, 0.05) is 24.2 Å². The molecule has 100 valence electrons. The fourth-order valence-corrected chi connectivity index (χ4v) is 2.50. The van der Waals surface area contributed by atoms with Crippen LogP contribution in [0, 0.1) is 0 Å². The summed E-state index contributed by atoms with van der Waals surface area (Å²) in [5.41, 5.74) is 0.791. The fraction of sp³-hybridized carbons (Fsp3) is 0.571. The quantitative estimate of drug-likeness (QED) is 0.798. The van der Waals surface area contributed by atoms with E-state index in [4.69, 9.17) is 16.7 Å². The summed E-state index contributed by atoms with van der Waals surface area (Å²) in [5, 5.41) is 19.8. The summed E-state index contributed by atoms with van der Waals surface area (Å²) in [4.78, 5) is 2.25. The molecule has 1 saturated carbocycles. The maximum absolute atomic E-state index is 10.1. The molecule has 1 aliphatic rings. The van der Waals surface area contributed by atoms with E-state index in [1.54, 1.807) is 6.07 Å². The maximum Gasteiger partial charge on any atom is 0.0816 e. The van der Waals surface area contributed by atoms with Crippen LogP contribution in [0.5, 0.6) is 0 Å². The Morgan fingerprint density at radius 2 is 2.00 bits per heavy atom. The van der Waals surface area contributed by atoms with E-state index in [9.17, 15) is 5.11 Å². The molecule has 0 amide bonds. The number of benzene rings is 1. The molecule has 1 aromatic carbocycles. The predicted octanol–water partition coefficient (Wildman–Crippen LogP) is 2.22. The Morgan fingerprint density at radius 1 is 1.28 bits per heavy atom. The SMILES string of the molecule is OCCN(CCC(O)c1ccccc1Cl)C1CC1. The van der Waals surface area contributed by atoms with E-state index in [0.717, 1.165) is 12.1 Å². The standard InChI is InChI=1S/C14H20ClNO2/c15-13-4-2-1-3-12(13)14(18)7-8-16(9-10-17)11-5-6-11/h1-4,11,14,17-18H,5-10H2. The first kappa shape index (κ1) is 13.8. The first-order valence-corrected chi connectivity index (χ1v) is 6.87. The molecule has 1 atom stereocenters. The second kappa shape index (κ2) is 6.53. The van der Waals surface area contributed by atoms with Gasteiger partial charge in [0.15, 0.2) is 0 Å². The summed E-state index contributed by atoms with van der Waals surface area (Å²) >= 11 is 6.06. The third kappa shape index (κ3) is 3.69. The van der Waals surface area contributed by atoms with Crippen LogP contribution < -0.4 is 0 Å². The normalized spacial score (nSPS) is 17.1. The second-order valence-electron chi connectivity index (χ2n) is 4.82. The number of rotatable bonds is 7. The van der Waals surface area contributed by atoms with Gasteiger partial charge in [0.2, 0.25) is 0 Å². The molecule has 1 aliphatic carbocycles. The average Bonchev–Trinajstić information content (AvgIpc) is 3.19. The highest BCUT2D eigenvalue weighted by Crippen LogP contribution is 2.29. The molecule has 4 heteroatoms. The van der Waals surface area contributed by atoms with Gasteiger partial charge < -0.3 is 10.2 Å². The third-order valence-electron chi connectivity index (χ3n) is 3.40. The first-order valence-electron chi connectivity index (χ1n) is 6.49. The summed E-state index contributed by atoms with van der Waals surface area (Å²) < 4.78 is 0. The monoisotopic (exact) mass is 269 g/mol. The van der Waals surface area contributed by atoms with E-state index in [2.05, 4.69) is 4.90 Å². The molecule has 0 bridgehead atoms. The van der Waals surface area contributed by atoms with E-state index < -0.39 is 6.10 Å². The van der Waals surface area contributed by atoms with Crippen LogP contribution in [-0.4, -0.2) is 40.9 Å². The Balaban J connectivity index is 1.87. The molecule has 1 unspecified atom stereocenters. The predicted molar refractivity (Wildman–Crippen MR) is 72.7 cm³/mol. The number of halogens is 1. The molecule has 0 saturated heterocycles. The number of hydrogen-bond acceptors (Lipinski definition) is 3. The number of aliphatic hydroxyl groups excluding tert-OH is 2. The van der Waals surface area contributed by atoms with Gasteiger partial charge in [0.1, 0.15) is 0 Å². The van der Waals surface area contributed by atoms with Gasteiger partial charge in [-0.3, -0.25) is 4.90 Å². The Bertz CT molecular complexity index is 382. The first-order chi connectivity index (χ1) is 8.72. The van der Waals surface area contributed by atoms with Crippen molar-refractivity contribution >= 4 is 11.6 Å². The summed E-state index contributed by atoms with van der Waals surface area (Å²) in [5.74, 6) is 0. The largest absolute Gasteiger partial charge is 0.395 e. The van der Waals surface area contributed by atoms with E-state index >= 15 is 0 Å². The lowest BCUT2D eigenvalue weighted by Gasteiger charge is -2.22. The molecule has 0 aromatic heterocycles. The van der Waals surface area contributed by atoms with Crippen LogP contribution in [-0.2, 0) is 0 Å². The second-order valence-corrected chi connectivity index (χ2v) is 5.22. The van der Waals surface area contributed by atoms with Crippen molar-refractivity contribution < 1.29 is 10.2 Å². The Labute approximate surface area is 113 Å². The van der Waals surface area contributed by atoms with Crippen LogP contribution in [0.4, 0.5) is 0 Å². The number of aliphatic hydroxyl groups is 2. The van der Waals surface area contributed by atoms with Gasteiger partial charge in [-0.05, 0) is 30.9 Å². The lowest BCUT2D eigenvalue weighted by atomic mass is 10.1. The summed E-state index contributed by atoms with van der Waals surface area (Å²) in [6.45, 7) is 1.68. The minimum atomic E-state index is -0.529. The number of hydrogen-bond donors (Lipinski definition) is 2. The van der Waals surface area contributed by atoms with Gasteiger partial charge in [0.25, 0.3) is 0 Å². The Hall–Kier alpha value is -0.610. The zero-order valence-electron chi connectivity index (χ0n) is 10.4. The molecule has 1 fully saturated rings. The number of nitrogens with zero attached hydrogens (tertiary/aromatic N) is 1. The smallest absolute Gasteiger partial charge is 0.0816 e. The van der Waals surface area contributed by atoms with Gasteiger partial charge in [-0.25, -0.2) is 0 Å². The van der Waals surface area contributed by atoms with Crippen molar-refractivity contribution in [2.75, 3.05) is 19.7 Å². The van der Waals surface area contributed by atoms with Crippen LogP contribution in [0.3, 0.4) is 0 Å². The summed E-state index contributed by atoms with van der Waals surface area (Å²) in [7, 11) is 0. The molecule has 2 rings (SSSR count). The van der Waals surface area contributed by atoms with Gasteiger partial charge in [-0.15, -0.1) is 0 Å². The molecule has 0 aliphatic heterocycles. The Kier molecular flexibility index (Phi) is 5.01. The average molecular weight is 270 g/mol. The van der Waals surface area contributed by atoms with Crippen molar-refractivity contribution in [3.8, 4) is 0 Å². The molecular formula is C14H20ClNO2. The van der Waals surface area contributed by atoms with Gasteiger partial charge in [-0.2, -0.15) is 0 Å². The lowest BCUT2D eigenvalue weighted by Crippen LogP contribution is -2.31. The lowest BCUT2D eigenvalue weighted by molar-refractivity contribution is 0.127. The fourth-order valence-electron chi connectivity index (χ4n) is 2.23. The highest BCUT2D eigenvalue weighted by atomic mass is 35.5. The molecule has 0 spiro atoms. The van der Waals surface area contributed by atoms with Crippen LogP contribution >= 0.6 is 11.6 Å². The van der Waals surface area contributed by atoms with Crippen LogP contribution in [0.1, 0.15) is 30.9 Å². The zero-order chi connectivity index (χ0) is 13.0. The minimum absolute atomic E-state index is 0.179. The molecule has 18 heavy (non-hydrogen) atoms. The summed E-state index contributed by atoms with van der Waals surface area (Å²) in [6, 6.07) is 8.01. The molecule has 0 radical (unpaired) electrons. The molecule has 1 aromatic rings. The molecule has 3 nitrogen and oxygen atoms in total. The van der Waals surface area contributed by atoms with Gasteiger partial charge in [-0.1, -0.05) is 29.8 Å². The third-order valence-corrected chi connectivity index (χ3v) is 3.75. The van der Waals surface area contributed by atoms with E-state index in [1.165, 1.54) is 12.8 Å². The Morgan fingerprint density at radius 3 is 2.61 bits per heavy atom. The van der Waals surface area contributed by atoms with Crippen LogP contribution in [0.25, 0.3) is 0 Å². The molecular weight excluding hydrogens is 250 g/mol. The van der Waals surface area contributed by atoms with Crippen LogP contribution in [0.2, 0.25) is 5.02 Å². The highest BCUT2D eigenvalue weighted by Gasteiger charge is 2.28. The van der Waals surface area contributed by atoms with Gasteiger partial charge >= 0.3 is 0 Å².